The Balaban J connectivity index is 2.12. The van der Waals surface area contributed by atoms with E-state index in [2.05, 4.69) is 4.74 Å². The van der Waals surface area contributed by atoms with Crippen molar-refractivity contribution in [2.45, 2.75) is 24.6 Å². The average Bonchev–Trinajstić information content (AvgIpc) is 3.03. The van der Waals surface area contributed by atoms with Gasteiger partial charge in [-0.3, -0.25) is 0 Å². The molecule has 0 radical (unpaired) electrons. The first-order valence-corrected chi connectivity index (χ1v) is 10.2. The van der Waals surface area contributed by atoms with E-state index in [1.165, 1.54) is 19.1 Å². The van der Waals surface area contributed by atoms with Crippen molar-refractivity contribution in [3.63, 3.8) is 0 Å². The quantitative estimate of drug-likeness (QED) is 0.607. The van der Waals surface area contributed by atoms with Crippen molar-refractivity contribution in [1.29, 1.82) is 0 Å². The number of halogens is 5. The van der Waals surface area contributed by atoms with Crippen molar-refractivity contribution in [3.8, 4) is 5.75 Å². The van der Waals surface area contributed by atoms with Crippen molar-refractivity contribution >= 4 is 21.0 Å². The topological polar surface area (TPSA) is 43.4 Å². The lowest BCUT2D eigenvalue weighted by Gasteiger charge is -2.14. The Morgan fingerprint density at radius 2 is 1.62 bits per heavy atom. The number of sulfone groups is 1. The van der Waals surface area contributed by atoms with Crippen LogP contribution in [0.5, 0.6) is 5.75 Å². The van der Waals surface area contributed by atoms with Gasteiger partial charge in [0.2, 0.25) is 0 Å². The van der Waals surface area contributed by atoms with Crippen LogP contribution in [0.2, 0.25) is 0 Å². The van der Waals surface area contributed by atoms with Gasteiger partial charge in [-0.15, -0.1) is 13.2 Å². The number of allylic oxidation sites excluding steroid dienone is 4. The third-order valence-corrected chi connectivity index (χ3v) is 5.51. The fraction of sp³-hybridized carbons (Fsp3) is 0.200. The molecule has 0 saturated carbocycles. The molecule has 0 bridgehead atoms. The van der Waals surface area contributed by atoms with Gasteiger partial charge in [-0.25, -0.2) is 17.2 Å². The molecule has 0 saturated heterocycles. The zero-order valence-electron chi connectivity index (χ0n) is 15.3. The summed E-state index contributed by atoms with van der Waals surface area (Å²) in [6.07, 6.45) is -0.577. The first-order valence-electron chi connectivity index (χ1n) is 8.33. The molecule has 0 fully saturated rings. The Kier molecular flexibility index (Phi) is 5.29. The van der Waals surface area contributed by atoms with Crippen molar-refractivity contribution in [1.82, 2.24) is 0 Å². The maximum absolute atomic E-state index is 14.3. The van der Waals surface area contributed by atoms with Crippen LogP contribution in [-0.4, -0.2) is 21.0 Å². The van der Waals surface area contributed by atoms with Crippen LogP contribution in [0, 0.1) is 18.6 Å². The Hall–Kier alpha value is -2.68. The second-order valence-corrected chi connectivity index (χ2v) is 8.52. The summed E-state index contributed by atoms with van der Waals surface area (Å²) in [4.78, 5) is -1.02. The van der Waals surface area contributed by atoms with E-state index >= 15 is 0 Å². The minimum atomic E-state index is -4.86. The number of rotatable bonds is 4. The van der Waals surface area contributed by atoms with E-state index in [9.17, 15) is 30.4 Å². The lowest BCUT2D eigenvalue weighted by atomic mass is 9.95. The number of benzene rings is 2. The van der Waals surface area contributed by atoms with Crippen LogP contribution in [0.1, 0.15) is 23.1 Å². The Bertz CT molecular complexity index is 1120. The smallest absolute Gasteiger partial charge is 0.405 e. The highest BCUT2D eigenvalue weighted by molar-refractivity contribution is 7.90. The number of hydrogen-bond donors (Lipinski definition) is 0. The van der Waals surface area contributed by atoms with E-state index in [1.807, 2.05) is 0 Å². The lowest BCUT2D eigenvalue weighted by Crippen LogP contribution is -2.17. The molecule has 154 valence electrons. The molecule has 2 aromatic carbocycles. The van der Waals surface area contributed by atoms with Gasteiger partial charge in [-0.1, -0.05) is 24.3 Å². The van der Waals surface area contributed by atoms with Gasteiger partial charge in [0.05, 0.1) is 0 Å². The predicted molar refractivity (Wildman–Crippen MR) is 97.9 cm³/mol. The third-order valence-electron chi connectivity index (χ3n) is 4.37. The highest BCUT2D eigenvalue weighted by Gasteiger charge is 2.32. The first kappa shape index (κ1) is 21.0. The largest absolute Gasteiger partial charge is 0.573 e. The van der Waals surface area contributed by atoms with Gasteiger partial charge in [-0.2, -0.15) is 0 Å². The van der Waals surface area contributed by atoms with Crippen LogP contribution in [0.4, 0.5) is 22.0 Å². The maximum atomic E-state index is 14.3. The van der Waals surface area contributed by atoms with Crippen molar-refractivity contribution in [3.05, 3.63) is 70.8 Å². The van der Waals surface area contributed by atoms with E-state index in [-0.39, 0.29) is 23.3 Å². The van der Waals surface area contributed by atoms with Crippen LogP contribution in [0.15, 0.2) is 47.4 Å². The second kappa shape index (κ2) is 7.29. The van der Waals surface area contributed by atoms with E-state index in [0.29, 0.717) is 23.0 Å². The molecule has 1 aliphatic carbocycles. The van der Waals surface area contributed by atoms with E-state index in [1.54, 1.807) is 18.2 Å². The summed E-state index contributed by atoms with van der Waals surface area (Å²) in [5, 5.41) is 0. The summed E-state index contributed by atoms with van der Waals surface area (Å²) in [6.45, 7) is 1.46. The Morgan fingerprint density at radius 3 is 2.17 bits per heavy atom. The maximum Gasteiger partial charge on any atom is 0.573 e. The van der Waals surface area contributed by atoms with Crippen LogP contribution in [0.3, 0.4) is 0 Å². The predicted octanol–water partition coefficient (Wildman–Crippen LogP) is 5.45. The molecule has 0 spiro atoms. The molecular formula is C20H15F5O3S. The van der Waals surface area contributed by atoms with E-state index < -0.39 is 32.7 Å². The molecule has 0 N–H and O–H groups in total. The monoisotopic (exact) mass is 430 g/mol. The fourth-order valence-electron chi connectivity index (χ4n) is 3.14. The van der Waals surface area contributed by atoms with Crippen molar-refractivity contribution in [2.75, 3.05) is 6.26 Å². The van der Waals surface area contributed by atoms with Gasteiger partial charge < -0.3 is 4.74 Å². The molecule has 2 aromatic rings. The van der Waals surface area contributed by atoms with Crippen LogP contribution in [0.25, 0.3) is 11.1 Å². The molecule has 0 amide bonds. The van der Waals surface area contributed by atoms with Gasteiger partial charge in [0.15, 0.2) is 9.84 Å². The molecule has 3 nitrogen and oxygen atoms in total. The van der Waals surface area contributed by atoms with E-state index in [4.69, 9.17) is 0 Å². The number of hydrogen-bond acceptors (Lipinski definition) is 3. The minimum Gasteiger partial charge on any atom is -0.405 e. The molecule has 1 aliphatic rings. The standard InChI is InChI=1S/C20H15F5O3S/c1-11-6-7-12(10-18(11)28-20(23,24)25)14-4-3-5-15(14)13-8-16(21)19(17(22)9-13)29(2,26)27/h3-4,6-10H,5H2,1-2H3. The molecule has 29 heavy (non-hydrogen) atoms. The highest BCUT2D eigenvalue weighted by Crippen LogP contribution is 2.38. The minimum absolute atomic E-state index is 0.103. The normalized spacial score (nSPS) is 14.6. The Labute approximate surface area is 164 Å². The summed E-state index contributed by atoms with van der Waals surface area (Å²) >= 11 is 0. The lowest BCUT2D eigenvalue weighted by molar-refractivity contribution is -0.274. The third kappa shape index (κ3) is 4.50. The van der Waals surface area contributed by atoms with E-state index in [0.717, 1.165) is 12.1 Å². The number of ether oxygens (including phenoxy) is 1. The van der Waals surface area contributed by atoms with Crippen molar-refractivity contribution in [2.24, 2.45) is 0 Å². The molecular weight excluding hydrogens is 415 g/mol. The highest BCUT2D eigenvalue weighted by atomic mass is 32.2. The molecule has 0 aliphatic heterocycles. The Morgan fingerprint density at radius 1 is 1.00 bits per heavy atom. The van der Waals surface area contributed by atoms with Gasteiger partial charge in [0, 0.05) is 6.26 Å². The molecule has 3 rings (SSSR count). The van der Waals surface area contributed by atoms with Crippen LogP contribution < -0.4 is 4.74 Å². The molecule has 9 heteroatoms. The molecule has 0 atom stereocenters. The zero-order chi connectivity index (χ0) is 21.6. The summed E-state index contributed by atoms with van der Waals surface area (Å²) in [5.41, 5.74) is 1.65. The summed E-state index contributed by atoms with van der Waals surface area (Å²) in [6, 6.07) is 6.03. The SMILES string of the molecule is Cc1ccc(C2=C(c3cc(F)c(S(C)(=O)=O)c(F)c3)CC=C2)cc1OC(F)(F)F. The van der Waals surface area contributed by atoms with Crippen LogP contribution >= 0.6 is 0 Å². The van der Waals surface area contributed by atoms with Crippen molar-refractivity contribution < 1.29 is 35.1 Å². The second-order valence-electron chi connectivity index (χ2n) is 6.57. The van der Waals surface area contributed by atoms with Gasteiger partial charge in [-0.05, 0) is 59.4 Å². The van der Waals surface area contributed by atoms with Crippen LogP contribution in [-0.2, 0) is 9.84 Å². The zero-order valence-corrected chi connectivity index (χ0v) is 16.1. The van der Waals surface area contributed by atoms with Gasteiger partial charge in [0.25, 0.3) is 0 Å². The summed E-state index contributed by atoms with van der Waals surface area (Å²) in [5.74, 6) is -2.84. The molecule has 0 aromatic heterocycles. The number of alkyl halides is 3. The summed E-state index contributed by atoms with van der Waals surface area (Å²) in [7, 11) is -4.10. The number of aryl methyl sites for hydroxylation is 1. The van der Waals surface area contributed by atoms with Gasteiger partial charge in [0.1, 0.15) is 22.3 Å². The molecule has 0 unspecified atom stereocenters. The first-order chi connectivity index (χ1) is 13.4. The van der Waals surface area contributed by atoms with Gasteiger partial charge >= 0.3 is 6.36 Å². The average molecular weight is 430 g/mol. The summed E-state index contributed by atoms with van der Waals surface area (Å²) < 4.78 is 93.6. The molecule has 0 heterocycles. The fourth-order valence-corrected chi connectivity index (χ4v) is 3.97.